The van der Waals surface area contributed by atoms with Crippen LogP contribution in [-0.2, 0) is 6.61 Å². The largest absolute Gasteiger partial charge is 0.488 e. The van der Waals surface area contributed by atoms with E-state index < -0.39 is 10.7 Å². The third-order valence-electron chi connectivity index (χ3n) is 2.78. The minimum Gasteiger partial charge on any atom is -0.488 e. The molecule has 2 rings (SSSR count). The fourth-order valence-electron chi connectivity index (χ4n) is 1.71. The number of halogens is 2. The molecule has 6 heteroatoms. The summed E-state index contributed by atoms with van der Waals surface area (Å²) in [6.45, 7) is 1.79. The van der Waals surface area contributed by atoms with Crippen LogP contribution in [0.4, 0.5) is 10.1 Å². The third kappa shape index (κ3) is 3.33. The van der Waals surface area contributed by atoms with Crippen LogP contribution in [-0.4, -0.2) is 4.92 Å². The highest BCUT2D eigenvalue weighted by atomic mass is 79.9. The number of hydrogen-bond acceptors (Lipinski definition) is 3. The van der Waals surface area contributed by atoms with E-state index in [2.05, 4.69) is 15.9 Å². The van der Waals surface area contributed by atoms with Crippen molar-refractivity contribution in [2.45, 2.75) is 13.5 Å². The van der Waals surface area contributed by atoms with Crippen LogP contribution in [0.2, 0.25) is 0 Å². The summed E-state index contributed by atoms with van der Waals surface area (Å²) in [5.41, 5.74) is 1.17. The van der Waals surface area contributed by atoms with Crippen LogP contribution in [0.15, 0.2) is 40.9 Å². The fraction of sp³-hybridized carbons (Fsp3) is 0.143. The predicted molar refractivity (Wildman–Crippen MR) is 76.3 cm³/mol. The average molecular weight is 340 g/mol. The fourth-order valence-corrected chi connectivity index (χ4v) is 2.06. The van der Waals surface area contributed by atoms with Crippen molar-refractivity contribution in [2.24, 2.45) is 0 Å². The predicted octanol–water partition coefficient (Wildman–Crippen LogP) is 4.38. The first kappa shape index (κ1) is 14.5. The summed E-state index contributed by atoms with van der Waals surface area (Å²) in [5.74, 6) is -0.0295. The van der Waals surface area contributed by atoms with Gasteiger partial charge in [-0.15, -0.1) is 0 Å². The maximum Gasteiger partial charge on any atom is 0.277 e. The number of nitro benzene ring substituents is 1. The number of aryl methyl sites for hydroxylation is 1. The lowest BCUT2D eigenvalue weighted by molar-refractivity contribution is -0.385. The molecule has 0 saturated heterocycles. The molecule has 0 amide bonds. The summed E-state index contributed by atoms with van der Waals surface area (Å²) in [6, 6.07) is 8.92. The highest BCUT2D eigenvalue weighted by molar-refractivity contribution is 9.10. The minimum absolute atomic E-state index is 0.00782. The summed E-state index contributed by atoms with van der Waals surface area (Å²) in [5, 5.41) is 11.0. The van der Waals surface area contributed by atoms with Crippen molar-refractivity contribution in [3.8, 4) is 5.75 Å². The Labute approximate surface area is 123 Å². The van der Waals surface area contributed by atoms with E-state index in [1.54, 1.807) is 25.1 Å². The van der Waals surface area contributed by atoms with Crippen LogP contribution in [0.1, 0.15) is 11.1 Å². The van der Waals surface area contributed by atoms with E-state index in [1.165, 1.54) is 18.2 Å². The summed E-state index contributed by atoms with van der Waals surface area (Å²) in [7, 11) is 0. The number of nitrogens with zero attached hydrogens (tertiary/aromatic N) is 1. The first-order chi connectivity index (χ1) is 9.47. The highest BCUT2D eigenvalue weighted by Gasteiger charge is 2.15. The molecule has 0 aromatic heterocycles. The van der Waals surface area contributed by atoms with Crippen LogP contribution >= 0.6 is 15.9 Å². The maximum absolute atomic E-state index is 13.1. The zero-order chi connectivity index (χ0) is 14.7. The Kier molecular flexibility index (Phi) is 4.34. The molecule has 2 aromatic carbocycles. The zero-order valence-electron chi connectivity index (χ0n) is 10.6. The van der Waals surface area contributed by atoms with Crippen molar-refractivity contribution in [3.63, 3.8) is 0 Å². The van der Waals surface area contributed by atoms with E-state index in [1.807, 2.05) is 0 Å². The van der Waals surface area contributed by atoms with Crippen LogP contribution < -0.4 is 4.74 Å². The Morgan fingerprint density at radius 3 is 2.75 bits per heavy atom. The molecule has 0 radical (unpaired) electrons. The smallest absolute Gasteiger partial charge is 0.277 e. The van der Waals surface area contributed by atoms with E-state index in [-0.39, 0.29) is 12.3 Å². The lowest BCUT2D eigenvalue weighted by atomic mass is 10.2. The standard InChI is InChI=1S/C14H11BrFNO3/c1-9-2-5-12(16)7-14(9)20-8-10-3-4-11(15)6-13(10)17(18)19/h2-7H,8H2,1H3. The topological polar surface area (TPSA) is 52.4 Å². The molecule has 20 heavy (non-hydrogen) atoms. The molecular weight excluding hydrogens is 329 g/mol. The van der Waals surface area contributed by atoms with E-state index in [0.717, 1.165) is 5.56 Å². The number of benzene rings is 2. The molecule has 104 valence electrons. The summed E-state index contributed by atoms with van der Waals surface area (Å²) >= 11 is 3.19. The average Bonchev–Trinajstić information content (AvgIpc) is 2.40. The van der Waals surface area contributed by atoms with E-state index in [0.29, 0.717) is 15.8 Å². The van der Waals surface area contributed by atoms with Gasteiger partial charge in [0, 0.05) is 16.6 Å². The van der Waals surface area contributed by atoms with Gasteiger partial charge in [0.2, 0.25) is 0 Å². The Morgan fingerprint density at radius 1 is 1.30 bits per heavy atom. The molecule has 0 aliphatic rings. The van der Waals surface area contributed by atoms with Crippen molar-refractivity contribution >= 4 is 21.6 Å². The van der Waals surface area contributed by atoms with Crippen molar-refractivity contribution in [2.75, 3.05) is 0 Å². The molecule has 0 unspecified atom stereocenters. The highest BCUT2D eigenvalue weighted by Crippen LogP contribution is 2.26. The molecular formula is C14H11BrFNO3. The molecule has 0 saturated carbocycles. The van der Waals surface area contributed by atoms with Gasteiger partial charge in [0.25, 0.3) is 5.69 Å². The van der Waals surface area contributed by atoms with Gasteiger partial charge in [-0.05, 0) is 30.7 Å². The van der Waals surface area contributed by atoms with Gasteiger partial charge in [0.15, 0.2) is 0 Å². The first-order valence-electron chi connectivity index (χ1n) is 5.79. The Balaban J connectivity index is 2.23. The molecule has 0 atom stereocenters. The van der Waals surface area contributed by atoms with Gasteiger partial charge in [0.05, 0.1) is 10.5 Å². The maximum atomic E-state index is 13.1. The van der Waals surface area contributed by atoms with Crippen molar-refractivity contribution in [1.82, 2.24) is 0 Å². The van der Waals surface area contributed by atoms with Gasteiger partial charge in [-0.25, -0.2) is 4.39 Å². The second kappa shape index (κ2) is 6.00. The number of rotatable bonds is 4. The Bertz CT molecular complexity index is 661. The molecule has 2 aromatic rings. The van der Waals surface area contributed by atoms with Crippen molar-refractivity contribution < 1.29 is 14.1 Å². The van der Waals surface area contributed by atoms with Crippen LogP contribution in [0.25, 0.3) is 0 Å². The molecule has 0 N–H and O–H groups in total. The van der Waals surface area contributed by atoms with Gasteiger partial charge in [-0.3, -0.25) is 10.1 Å². The van der Waals surface area contributed by atoms with Crippen LogP contribution in [0.5, 0.6) is 5.75 Å². The lowest BCUT2D eigenvalue weighted by Crippen LogP contribution is -2.01. The molecule has 0 fully saturated rings. The van der Waals surface area contributed by atoms with Gasteiger partial charge in [0.1, 0.15) is 18.2 Å². The number of ether oxygens (including phenoxy) is 1. The first-order valence-corrected chi connectivity index (χ1v) is 6.58. The van der Waals surface area contributed by atoms with Crippen LogP contribution in [0, 0.1) is 22.9 Å². The lowest BCUT2D eigenvalue weighted by Gasteiger charge is -2.09. The molecule has 0 bridgehead atoms. The van der Waals surface area contributed by atoms with Gasteiger partial charge < -0.3 is 4.74 Å². The second-order valence-electron chi connectivity index (χ2n) is 4.23. The van der Waals surface area contributed by atoms with Crippen molar-refractivity contribution in [3.05, 3.63) is 67.9 Å². The SMILES string of the molecule is Cc1ccc(F)cc1OCc1ccc(Br)cc1[N+](=O)[O-]. The Morgan fingerprint density at radius 2 is 2.05 bits per heavy atom. The molecule has 0 heterocycles. The quantitative estimate of drug-likeness (QED) is 0.613. The third-order valence-corrected chi connectivity index (χ3v) is 3.27. The second-order valence-corrected chi connectivity index (χ2v) is 5.14. The van der Waals surface area contributed by atoms with Gasteiger partial charge >= 0.3 is 0 Å². The Hall–Kier alpha value is -1.95. The monoisotopic (exact) mass is 339 g/mol. The van der Waals surface area contributed by atoms with Crippen LogP contribution in [0.3, 0.4) is 0 Å². The van der Waals surface area contributed by atoms with Gasteiger partial charge in [-0.2, -0.15) is 0 Å². The molecule has 4 nitrogen and oxygen atoms in total. The molecule has 0 aliphatic heterocycles. The summed E-state index contributed by atoms with van der Waals surface area (Å²) in [6.07, 6.45) is 0. The number of hydrogen-bond donors (Lipinski definition) is 0. The molecule has 0 aliphatic carbocycles. The van der Waals surface area contributed by atoms with E-state index in [4.69, 9.17) is 4.74 Å². The number of nitro groups is 1. The zero-order valence-corrected chi connectivity index (χ0v) is 12.2. The van der Waals surface area contributed by atoms with E-state index >= 15 is 0 Å². The summed E-state index contributed by atoms with van der Waals surface area (Å²) in [4.78, 5) is 10.5. The van der Waals surface area contributed by atoms with Crippen molar-refractivity contribution in [1.29, 1.82) is 0 Å². The normalized spacial score (nSPS) is 10.3. The summed E-state index contributed by atoms with van der Waals surface area (Å²) < 4.78 is 19.2. The molecule has 0 spiro atoms. The minimum atomic E-state index is -0.470. The van der Waals surface area contributed by atoms with Gasteiger partial charge in [-0.1, -0.05) is 22.0 Å². The van der Waals surface area contributed by atoms with E-state index in [9.17, 15) is 14.5 Å².